The predicted octanol–water partition coefficient (Wildman–Crippen LogP) is 1.43. The molecule has 0 aliphatic rings. The maximum Gasteiger partial charge on any atom is 0.421 e. The number of carboxylic acid groups (broad SMARTS) is 2. The smallest absolute Gasteiger partial charge is 0.421 e. The van der Waals surface area contributed by atoms with Gasteiger partial charge in [0.15, 0.2) is 0 Å². The third-order valence-corrected chi connectivity index (χ3v) is 1.53. The molecule has 0 bridgehead atoms. The van der Waals surface area contributed by atoms with Crippen molar-refractivity contribution in [2.45, 2.75) is 0 Å². The van der Waals surface area contributed by atoms with Crippen LogP contribution in [0.1, 0.15) is 0 Å². The van der Waals surface area contributed by atoms with Gasteiger partial charge in [-0.2, -0.15) is 4.90 Å². The number of hydrogen-bond donors (Lipinski definition) is 3. The average molecular weight is 196 g/mol. The minimum Gasteiger partial charge on any atom is -0.464 e. The summed E-state index contributed by atoms with van der Waals surface area (Å²) in [7, 11) is 0. The number of rotatable bonds is 1. The summed E-state index contributed by atoms with van der Waals surface area (Å²) in [6.07, 6.45) is -3.11. The summed E-state index contributed by atoms with van der Waals surface area (Å²) in [6.45, 7) is 0. The standard InChI is InChI=1S/C8H8N2O4/c9-5-1-3-6(4-2-5)10(7(11)12)8(13)14/h1-4H,9H2,(H,11,12)(H,13,14). The Kier molecular flexibility index (Phi) is 2.57. The molecule has 0 saturated heterocycles. The second-order valence-electron chi connectivity index (χ2n) is 2.49. The molecule has 0 unspecified atom stereocenters. The van der Waals surface area contributed by atoms with E-state index in [1.807, 2.05) is 0 Å². The van der Waals surface area contributed by atoms with Gasteiger partial charge < -0.3 is 15.9 Å². The number of hydrogen-bond acceptors (Lipinski definition) is 3. The molecule has 0 aliphatic carbocycles. The van der Waals surface area contributed by atoms with Crippen molar-refractivity contribution in [2.75, 3.05) is 10.6 Å². The molecule has 0 atom stereocenters. The van der Waals surface area contributed by atoms with E-state index in [-0.39, 0.29) is 10.6 Å². The Morgan fingerprint density at radius 3 is 1.86 bits per heavy atom. The van der Waals surface area contributed by atoms with E-state index in [1.54, 1.807) is 0 Å². The van der Waals surface area contributed by atoms with Gasteiger partial charge in [0.1, 0.15) is 0 Å². The average Bonchev–Trinajstić information content (AvgIpc) is 2.07. The van der Waals surface area contributed by atoms with Crippen LogP contribution in [0.25, 0.3) is 0 Å². The third-order valence-electron chi connectivity index (χ3n) is 1.53. The van der Waals surface area contributed by atoms with Gasteiger partial charge in [-0.1, -0.05) is 0 Å². The number of nitrogen functional groups attached to an aromatic ring is 1. The molecule has 6 heteroatoms. The minimum absolute atomic E-state index is 0.0409. The van der Waals surface area contributed by atoms with Gasteiger partial charge in [0, 0.05) is 5.69 Å². The van der Waals surface area contributed by atoms with Gasteiger partial charge in [0.25, 0.3) is 0 Å². The van der Waals surface area contributed by atoms with Crippen LogP contribution in [-0.2, 0) is 0 Å². The monoisotopic (exact) mass is 196 g/mol. The molecule has 1 rings (SSSR count). The molecule has 6 nitrogen and oxygen atoms in total. The fraction of sp³-hybridized carbons (Fsp3) is 0. The molecule has 14 heavy (non-hydrogen) atoms. The topological polar surface area (TPSA) is 104 Å². The molecule has 0 spiro atoms. The maximum atomic E-state index is 10.5. The number of imide groups is 1. The van der Waals surface area contributed by atoms with Crippen LogP contribution in [0, 0.1) is 0 Å². The highest BCUT2D eigenvalue weighted by atomic mass is 16.4. The normalized spacial score (nSPS) is 9.43. The highest BCUT2D eigenvalue weighted by Crippen LogP contribution is 2.16. The quantitative estimate of drug-likeness (QED) is 0.589. The van der Waals surface area contributed by atoms with E-state index in [0.717, 1.165) is 0 Å². The first-order valence-corrected chi connectivity index (χ1v) is 3.64. The van der Waals surface area contributed by atoms with E-state index in [1.165, 1.54) is 24.3 Å². The van der Waals surface area contributed by atoms with Gasteiger partial charge in [-0.05, 0) is 24.3 Å². The Labute approximate surface area is 79.2 Å². The van der Waals surface area contributed by atoms with Crippen molar-refractivity contribution >= 4 is 23.6 Å². The van der Waals surface area contributed by atoms with Gasteiger partial charge in [-0.3, -0.25) is 0 Å². The van der Waals surface area contributed by atoms with Crippen LogP contribution in [0.5, 0.6) is 0 Å². The fourth-order valence-electron chi connectivity index (χ4n) is 0.926. The van der Waals surface area contributed by atoms with Crippen LogP contribution in [-0.4, -0.2) is 22.4 Å². The largest absolute Gasteiger partial charge is 0.464 e. The van der Waals surface area contributed by atoms with Crippen molar-refractivity contribution < 1.29 is 19.8 Å². The summed E-state index contributed by atoms with van der Waals surface area (Å²) in [4.78, 5) is 21.3. The van der Waals surface area contributed by atoms with Crippen LogP contribution in [0.4, 0.5) is 21.0 Å². The highest BCUT2D eigenvalue weighted by molar-refractivity contribution is 6.07. The fourth-order valence-corrected chi connectivity index (χ4v) is 0.926. The Bertz CT molecular complexity index is 346. The first kappa shape index (κ1) is 9.85. The molecule has 0 saturated carbocycles. The van der Waals surface area contributed by atoms with E-state index in [9.17, 15) is 9.59 Å². The van der Waals surface area contributed by atoms with Crippen molar-refractivity contribution in [1.29, 1.82) is 0 Å². The molecule has 74 valence electrons. The zero-order chi connectivity index (χ0) is 10.7. The van der Waals surface area contributed by atoms with E-state index in [2.05, 4.69) is 0 Å². The van der Waals surface area contributed by atoms with Crippen LogP contribution in [0.15, 0.2) is 24.3 Å². The predicted molar refractivity (Wildman–Crippen MR) is 49.4 cm³/mol. The number of carbonyl (C=O) groups is 2. The molecule has 1 aromatic rings. The Morgan fingerprint density at radius 2 is 1.50 bits per heavy atom. The SMILES string of the molecule is Nc1ccc(N(C(=O)O)C(=O)O)cc1. The summed E-state index contributed by atoms with van der Waals surface area (Å²) in [5.41, 5.74) is 5.84. The van der Waals surface area contributed by atoms with Crippen LogP contribution < -0.4 is 10.6 Å². The molecule has 4 N–H and O–H groups in total. The van der Waals surface area contributed by atoms with Gasteiger partial charge in [-0.15, -0.1) is 0 Å². The van der Waals surface area contributed by atoms with E-state index >= 15 is 0 Å². The first-order valence-electron chi connectivity index (χ1n) is 3.64. The molecule has 0 radical (unpaired) electrons. The zero-order valence-corrected chi connectivity index (χ0v) is 7.04. The Hall–Kier alpha value is -2.24. The third kappa shape index (κ3) is 1.92. The maximum absolute atomic E-state index is 10.5. The second kappa shape index (κ2) is 3.65. The summed E-state index contributed by atoms with van der Waals surface area (Å²) < 4.78 is 0. The summed E-state index contributed by atoms with van der Waals surface area (Å²) >= 11 is 0. The highest BCUT2D eigenvalue weighted by Gasteiger charge is 2.21. The second-order valence-corrected chi connectivity index (χ2v) is 2.49. The number of anilines is 2. The van der Waals surface area contributed by atoms with Gasteiger partial charge >= 0.3 is 12.2 Å². The number of benzene rings is 1. The summed E-state index contributed by atoms with van der Waals surface area (Å²) in [6, 6.07) is 5.48. The van der Waals surface area contributed by atoms with Crippen LogP contribution in [0.3, 0.4) is 0 Å². The van der Waals surface area contributed by atoms with Crippen LogP contribution >= 0.6 is 0 Å². The minimum atomic E-state index is -1.55. The Balaban J connectivity index is 3.06. The summed E-state index contributed by atoms with van der Waals surface area (Å²) in [5.74, 6) is 0. The van der Waals surface area contributed by atoms with Crippen LogP contribution in [0.2, 0.25) is 0 Å². The van der Waals surface area contributed by atoms with Crippen molar-refractivity contribution in [1.82, 2.24) is 0 Å². The molecular formula is C8H8N2O4. The van der Waals surface area contributed by atoms with Crippen molar-refractivity contribution in [2.24, 2.45) is 0 Å². The van der Waals surface area contributed by atoms with Crippen molar-refractivity contribution in [3.05, 3.63) is 24.3 Å². The molecule has 2 amide bonds. The molecule has 0 aromatic heterocycles. The van der Waals surface area contributed by atoms with E-state index < -0.39 is 12.2 Å². The van der Waals surface area contributed by atoms with E-state index in [0.29, 0.717) is 5.69 Å². The molecule has 0 heterocycles. The van der Waals surface area contributed by atoms with Gasteiger partial charge in [-0.25, -0.2) is 9.59 Å². The van der Waals surface area contributed by atoms with Gasteiger partial charge in [0.05, 0.1) is 5.69 Å². The number of nitrogens with two attached hydrogens (primary N) is 1. The Morgan fingerprint density at radius 1 is 1.07 bits per heavy atom. The molecule has 0 aliphatic heterocycles. The van der Waals surface area contributed by atoms with E-state index in [4.69, 9.17) is 15.9 Å². The number of amides is 2. The lowest BCUT2D eigenvalue weighted by Crippen LogP contribution is -2.34. The number of nitrogens with zero attached hydrogens (tertiary/aromatic N) is 1. The lowest BCUT2D eigenvalue weighted by molar-refractivity contribution is 0.184. The van der Waals surface area contributed by atoms with Crippen molar-refractivity contribution in [3.63, 3.8) is 0 Å². The lowest BCUT2D eigenvalue weighted by atomic mass is 10.3. The molecule has 1 aromatic carbocycles. The zero-order valence-electron chi connectivity index (χ0n) is 7.04. The molecule has 0 fully saturated rings. The first-order chi connectivity index (χ1) is 6.52. The summed E-state index contributed by atoms with van der Waals surface area (Å²) in [5, 5.41) is 17.2. The van der Waals surface area contributed by atoms with Crippen molar-refractivity contribution in [3.8, 4) is 0 Å². The molecular weight excluding hydrogens is 188 g/mol. The lowest BCUT2D eigenvalue weighted by Gasteiger charge is -2.12. The van der Waals surface area contributed by atoms with Gasteiger partial charge in [0.2, 0.25) is 0 Å².